The second-order valence-electron chi connectivity index (χ2n) is 4.36. The lowest BCUT2D eigenvalue weighted by Crippen LogP contribution is -2.05. The van der Waals surface area contributed by atoms with Gasteiger partial charge in [-0.2, -0.15) is 0 Å². The molecule has 1 aromatic carbocycles. The SMILES string of the molecule is CCc1nc2c(C(=O)O)cccc2n1CCCOC. The Morgan fingerprint density at radius 2 is 2.26 bits per heavy atom. The first kappa shape index (κ1) is 13.5. The van der Waals surface area contributed by atoms with Gasteiger partial charge in [0.15, 0.2) is 0 Å². The third kappa shape index (κ3) is 2.61. The number of aromatic nitrogens is 2. The second kappa shape index (κ2) is 5.84. The molecule has 0 fully saturated rings. The molecule has 0 amide bonds. The summed E-state index contributed by atoms with van der Waals surface area (Å²) in [7, 11) is 1.68. The first-order valence-corrected chi connectivity index (χ1v) is 6.39. The maximum Gasteiger partial charge on any atom is 0.337 e. The molecule has 0 radical (unpaired) electrons. The maximum absolute atomic E-state index is 11.2. The van der Waals surface area contributed by atoms with Gasteiger partial charge in [-0.1, -0.05) is 13.0 Å². The fourth-order valence-electron chi connectivity index (χ4n) is 2.25. The Bertz CT molecular complexity index is 590. The highest BCUT2D eigenvalue weighted by Crippen LogP contribution is 2.21. The van der Waals surface area contributed by atoms with E-state index in [4.69, 9.17) is 4.74 Å². The van der Waals surface area contributed by atoms with Crippen molar-refractivity contribution in [3.05, 3.63) is 29.6 Å². The van der Waals surface area contributed by atoms with Gasteiger partial charge in [-0.05, 0) is 18.6 Å². The lowest BCUT2D eigenvalue weighted by atomic mass is 10.2. The number of rotatable bonds is 6. The molecule has 1 heterocycles. The Morgan fingerprint density at radius 3 is 2.89 bits per heavy atom. The fourth-order valence-corrected chi connectivity index (χ4v) is 2.25. The number of ether oxygens (including phenoxy) is 1. The number of hydrogen-bond acceptors (Lipinski definition) is 3. The van der Waals surface area contributed by atoms with E-state index in [-0.39, 0.29) is 5.56 Å². The van der Waals surface area contributed by atoms with Crippen molar-refractivity contribution in [2.24, 2.45) is 0 Å². The topological polar surface area (TPSA) is 64.3 Å². The zero-order chi connectivity index (χ0) is 13.8. The van der Waals surface area contributed by atoms with Gasteiger partial charge in [0, 0.05) is 26.7 Å². The quantitative estimate of drug-likeness (QED) is 0.811. The Labute approximate surface area is 111 Å². The zero-order valence-electron chi connectivity index (χ0n) is 11.2. The van der Waals surface area contributed by atoms with Crippen molar-refractivity contribution in [2.45, 2.75) is 26.3 Å². The highest BCUT2D eigenvalue weighted by atomic mass is 16.5. The van der Waals surface area contributed by atoms with Crippen molar-refractivity contribution >= 4 is 17.0 Å². The highest BCUT2D eigenvalue weighted by molar-refractivity contribution is 6.01. The Morgan fingerprint density at radius 1 is 1.47 bits per heavy atom. The fraction of sp³-hybridized carbons (Fsp3) is 0.429. The summed E-state index contributed by atoms with van der Waals surface area (Å²) >= 11 is 0. The number of aromatic carboxylic acids is 1. The second-order valence-corrected chi connectivity index (χ2v) is 4.36. The van der Waals surface area contributed by atoms with Crippen LogP contribution in [-0.4, -0.2) is 34.3 Å². The van der Waals surface area contributed by atoms with E-state index < -0.39 is 5.97 Å². The molecule has 0 saturated carbocycles. The highest BCUT2D eigenvalue weighted by Gasteiger charge is 2.15. The number of aryl methyl sites for hydroxylation is 2. The summed E-state index contributed by atoms with van der Waals surface area (Å²) in [6.45, 7) is 3.49. The molecule has 0 spiro atoms. The maximum atomic E-state index is 11.2. The van der Waals surface area contributed by atoms with Gasteiger partial charge in [0.2, 0.25) is 0 Å². The van der Waals surface area contributed by atoms with Crippen LogP contribution in [-0.2, 0) is 17.7 Å². The van der Waals surface area contributed by atoms with Crippen LogP contribution in [0.15, 0.2) is 18.2 Å². The molecule has 5 heteroatoms. The lowest BCUT2D eigenvalue weighted by molar-refractivity contribution is 0.0699. The van der Waals surface area contributed by atoms with E-state index >= 15 is 0 Å². The van der Waals surface area contributed by atoms with Gasteiger partial charge >= 0.3 is 5.97 Å². The average Bonchev–Trinajstić information content (AvgIpc) is 2.77. The summed E-state index contributed by atoms with van der Waals surface area (Å²) in [6.07, 6.45) is 1.66. The molecule has 102 valence electrons. The van der Waals surface area contributed by atoms with Crippen LogP contribution in [0.3, 0.4) is 0 Å². The van der Waals surface area contributed by atoms with E-state index in [1.807, 2.05) is 13.0 Å². The molecule has 1 aromatic heterocycles. The summed E-state index contributed by atoms with van der Waals surface area (Å²) in [5, 5.41) is 9.20. The standard InChI is InChI=1S/C14H18N2O3/c1-3-12-15-13-10(14(17)18)6-4-7-11(13)16(12)8-5-9-19-2/h4,6-7H,3,5,8-9H2,1-2H3,(H,17,18). The van der Waals surface area contributed by atoms with E-state index in [0.29, 0.717) is 12.1 Å². The zero-order valence-corrected chi connectivity index (χ0v) is 11.2. The molecule has 1 N–H and O–H groups in total. The van der Waals surface area contributed by atoms with Gasteiger partial charge < -0.3 is 14.4 Å². The summed E-state index contributed by atoms with van der Waals surface area (Å²) in [5.74, 6) is -0.0189. The van der Waals surface area contributed by atoms with E-state index in [9.17, 15) is 9.90 Å². The van der Waals surface area contributed by atoms with Crippen LogP contribution in [0.1, 0.15) is 29.5 Å². The number of benzene rings is 1. The van der Waals surface area contributed by atoms with Gasteiger partial charge in [-0.25, -0.2) is 9.78 Å². The third-order valence-corrected chi connectivity index (χ3v) is 3.13. The largest absolute Gasteiger partial charge is 0.478 e. The summed E-state index contributed by atoms with van der Waals surface area (Å²) in [6, 6.07) is 5.27. The van der Waals surface area contributed by atoms with E-state index in [2.05, 4.69) is 9.55 Å². The summed E-state index contributed by atoms with van der Waals surface area (Å²) in [4.78, 5) is 15.7. The predicted molar refractivity (Wildman–Crippen MR) is 72.6 cm³/mol. The van der Waals surface area contributed by atoms with Crippen molar-refractivity contribution in [2.75, 3.05) is 13.7 Å². The molecular weight excluding hydrogens is 244 g/mol. The minimum Gasteiger partial charge on any atom is -0.478 e. The van der Waals surface area contributed by atoms with Gasteiger partial charge in [-0.15, -0.1) is 0 Å². The number of para-hydroxylation sites is 1. The predicted octanol–water partition coefficient (Wildman–Crippen LogP) is 2.33. The molecule has 0 atom stereocenters. The number of imidazole rings is 1. The van der Waals surface area contributed by atoms with Gasteiger partial charge in [0.1, 0.15) is 11.3 Å². The molecule has 2 aromatic rings. The molecular formula is C14H18N2O3. The van der Waals surface area contributed by atoms with Crippen LogP contribution in [0.2, 0.25) is 0 Å². The van der Waals surface area contributed by atoms with Crippen molar-refractivity contribution in [1.29, 1.82) is 0 Å². The first-order valence-electron chi connectivity index (χ1n) is 6.39. The van der Waals surface area contributed by atoms with Gasteiger partial charge in [0.25, 0.3) is 0 Å². The molecule has 2 rings (SSSR count). The van der Waals surface area contributed by atoms with Gasteiger partial charge in [0.05, 0.1) is 11.1 Å². The third-order valence-electron chi connectivity index (χ3n) is 3.13. The molecule has 0 saturated heterocycles. The Kier molecular flexibility index (Phi) is 4.16. The molecule has 5 nitrogen and oxygen atoms in total. The molecule has 0 aliphatic heterocycles. The van der Waals surface area contributed by atoms with Crippen LogP contribution in [0, 0.1) is 0 Å². The number of carboxylic acid groups (broad SMARTS) is 1. The monoisotopic (exact) mass is 262 g/mol. The van der Waals surface area contributed by atoms with E-state index in [1.54, 1.807) is 19.2 Å². The number of carbonyl (C=O) groups is 1. The van der Waals surface area contributed by atoms with Crippen LogP contribution in [0.4, 0.5) is 0 Å². The molecule has 0 aliphatic rings. The average molecular weight is 262 g/mol. The van der Waals surface area contributed by atoms with Crippen LogP contribution < -0.4 is 0 Å². The smallest absolute Gasteiger partial charge is 0.337 e. The van der Waals surface area contributed by atoms with Crippen LogP contribution >= 0.6 is 0 Å². The summed E-state index contributed by atoms with van der Waals surface area (Å²) < 4.78 is 7.14. The van der Waals surface area contributed by atoms with E-state index in [1.165, 1.54) is 0 Å². The summed E-state index contributed by atoms with van der Waals surface area (Å²) in [5.41, 5.74) is 1.72. The minimum atomic E-state index is -0.935. The van der Waals surface area contributed by atoms with Crippen molar-refractivity contribution in [3.63, 3.8) is 0 Å². The number of methoxy groups -OCH3 is 1. The van der Waals surface area contributed by atoms with Crippen molar-refractivity contribution in [1.82, 2.24) is 9.55 Å². The van der Waals surface area contributed by atoms with Crippen LogP contribution in [0.5, 0.6) is 0 Å². The van der Waals surface area contributed by atoms with E-state index in [0.717, 1.165) is 30.7 Å². The number of hydrogen-bond donors (Lipinski definition) is 1. The molecule has 0 aliphatic carbocycles. The minimum absolute atomic E-state index is 0.262. The van der Waals surface area contributed by atoms with Crippen molar-refractivity contribution in [3.8, 4) is 0 Å². The normalized spacial score (nSPS) is 11.1. The van der Waals surface area contributed by atoms with Crippen molar-refractivity contribution < 1.29 is 14.6 Å². The lowest BCUT2D eigenvalue weighted by Gasteiger charge is -2.07. The number of nitrogens with zero attached hydrogens (tertiary/aromatic N) is 2. The van der Waals surface area contributed by atoms with Gasteiger partial charge in [-0.3, -0.25) is 0 Å². The Balaban J connectivity index is 2.49. The van der Waals surface area contributed by atoms with Crippen LogP contribution in [0.25, 0.3) is 11.0 Å². The first-order chi connectivity index (χ1) is 9.19. The number of fused-ring (bicyclic) bond motifs is 1. The molecule has 19 heavy (non-hydrogen) atoms. The molecule has 0 unspecified atom stereocenters. The molecule has 0 bridgehead atoms. The number of carboxylic acids is 1. The Hall–Kier alpha value is -1.88.